The molecule has 0 radical (unpaired) electrons. The molecule has 0 atom stereocenters. The minimum absolute atomic E-state index is 0.00782. The first kappa shape index (κ1) is 25.4. The highest BCUT2D eigenvalue weighted by Gasteiger charge is 2.60. The second kappa shape index (κ2) is 9.07. The van der Waals surface area contributed by atoms with Gasteiger partial charge in [0.1, 0.15) is 11.3 Å². The lowest BCUT2D eigenvalue weighted by atomic mass is 10.1. The van der Waals surface area contributed by atoms with Gasteiger partial charge in [-0.15, -0.1) is 0 Å². The van der Waals surface area contributed by atoms with Crippen LogP contribution in [0, 0.1) is 0 Å². The summed E-state index contributed by atoms with van der Waals surface area (Å²) in [5.41, 5.74) is 6.07. The minimum Gasteiger partial charge on any atom is -0.348 e. The van der Waals surface area contributed by atoms with E-state index in [0.29, 0.717) is 17.9 Å². The van der Waals surface area contributed by atoms with E-state index in [2.05, 4.69) is 5.32 Å². The summed E-state index contributed by atoms with van der Waals surface area (Å²) in [5, 5.41) is 3.29. The Hall–Kier alpha value is -2.69. The number of carbonyl (C=O) groups is 2. The van der Waals surface area contributed by atoms with Gasteiger partial charge in [0.2, 0.25) is 0 Å². The molecule has 1 saturated carbocycles. The van der Waals surface area contributed by atoms with Crippen molar-refractivity contribution in [3.8, 4) is 0 Å². The van der Waals surface area contributed by atoms with E-state index in [1.807, 2.05) is 0 Å². The summed E-state index contributed by atoms with van der Waals surface area (Å²) in [5.74, 6) is -0.962. The number of pyridine rings is 1. The number of amides is 2. The Bertz CT molecular complexity index is 1330. The van der Waals surface area contributed by atoms with E-state index < -0.39 is 36.7 Å². The van der Waals surface area contributed by atoms with Gasteiger partial charge in [0.05, 0.1) is 9.49 Å². The maximum atomic E-state index is 13.2. The molecule has 9 nitrogen and oxygen atoms in total. The molecule has 188 valence electrons. The number of carbonyl (C=O) groups excluding carboxylic acids is 2. The number of sulfone groups is 1. The Morgan fingerprint density at radius 2 is 1.77 bits per heavy atom. The van der Waals surface area contributed by atoms with Crippen LogP contribution in [-0.2, 0) is 22.9 Å². The topological polar surface area (TPSA) is 132 Å². The van der Waals surface area contributed by atoms with E-state index in [9.17, 15) is 22.8 Å². The fourth-order valence-electron chi connectivity index (χ4n) is 4.37. The molecule has 2 aliphatic rings. The quantitative estimate of drug-likeness (QED) is 0.543. The lowest BCUT2D eigenvalue weighted by molar-refractivity contribution is 0.0694. The molecule has 2 amide bonds. The zero-order valence-corrected chi connectivity index (χ0v) is 21.3. The predicted octanol–water partition coefficient (Wildman–Crippen LogP) is 1.57. The molecule has 0 saturated heterocycles. The third-order valence-electron chi connectivity index (χ3n) is 6.96. The lowest BCUT2D eigenvalue weighted by Gasteiger charge is -2.35. The molecule has 0 unspecified atom stereocenters. The number of nitrogens with zero attached hydrogens (tertiary/aromatic N) is 2. The van der Waals surface area contributed by atoms with Crippen LogP contribution >= 0.6 is 11.6 Å². The fraction of sp³-hybridized carbons (Fsp3) is 0.458. The van der Waals surface area contributed by atoms with E-state index in [1.165, 1.54) is 21.6 Å². The second-order valence-corrected chi connectivity index (χ2v) is 13.2. The van der Waals surface area contributed by atoms with E-state index in [-0.39, 0.29) is 44.0 Å². The van der Waals surface area contributed by atoms with Gasteiger partial charge >= 0.3 is 0 Å². The highest BCUT2D eigenvalue weighted by Crippen LogP contribution is 2.48. The molecule has 1 aromatic heterocycles. The van der Waals surface area contributed by atoms with Crippen LogP contribution in [0.25, 0.3) is 0 Å². The van der Waals surface area contributed by atoms with Gasteiger partial charge in [-0.1, -0.05) is 23.7 Å². The Kier molecular flexibility index (Phi) is 6.58. The van der Waals surface area contributed by atoms with Crippen LogP contribution in [0.4, 0.5) is 0 Å². The highest BCUT2D eigenvalue weighted by molar-refractivity contribution is 7.94. The fourth-order valence-corrected chi connectivity index (χ4v) is 6.85. The van der Waals surface area contributed by atoms with Gasteiger partial charge in [0, 0.05) is 37.7 Å². The number of aromatic nitrogens is 1. The van der Waals surface area contributed by atoms with Gasteiger partial charge in [-0.25, -0.2) is 8.42 Å². The number of benzene rings is 1. The van der Waals surface area contributed by atoms with Gasteiger partial charge in [-0.3, -0.25) is 14.4 Å². The molecular formula is C24H29ClN4O5S. The van der Waals surface area contributed by atoms with Crippen molar-refractivity contribution in [2.75, 3.05) is 19.6 Å². The minimum atomic E-state index is -3.58. The highest BCUT2D eigenvalue weighted by atomic mass is 35.5. The molecule has 11 heteroatoms. The number of nitrogens with one attached hydrogen (secondary N) is 1. The Morgan fingerprint density at radius 1 is 1.11 bits per heavy atom. The first-order valence-electron chi connectivity index (χ1n) is 11.4. The standard InChI is InChI=1S/C24H29ClN4O5S/c1-23(2,14-26)35(33,34)24(9-10-24)15-28-11-12-29-19(22(28)32)8-7-18(21(29)31)20(30)27-13-16-3-5-17(25)6-4-16/h3-8H,9-15,26H2,1-2H3,(H,27,30). The molecule has 1 fully saturated rings. The van der Waals surface area contributed by atoms with Gasteiger partial charge in [0.15, 0.2) is 9.84 Å². The molecule has 4 rings (SSSR count). The van der Waals surface area contributed by atoms with Crippen LogP contribution in [0.5, 0.6) is 0 Å². The van der Waals surface area contributed by atoms with Gasteiger partial charge in [0.25, 0.3) is 17.4 Å². The molecule has 2 heterocycles. The summed E-state index contributed by atoms with van der Waals surface area (Å²) in [6.45, 7) is 3.85. The lowest BCUT2D eigenvalue weighted by Crippen LogP contribution is -2.54. The summed E-state index contributed by atoms with van der Waals surface area (Å²) in [6, 6.07) is 9.76. The van der Waals surface area contributed by atoms with Crippen LogP contribution in [0.15, 0.2) is 41.2 Å². The average Bonchev–Trinajstić information content (AvgIpc) is 3.62. The monoisotopic (exact) mass is 520 g/mol. The molecule has 35 heavy (non-hydrogen) atoms. The SMILES string of the molecule is CC(C)(CN)S(=O)(=O)C1(CN2CCn3c(ccc(C(=O)NCc4ccc(Cl)cc4)c3=O)C2=O)CC1. The normalized spacial score (nSPS) is 17.1. The van der Waals surface area contributed by atoms with Crippen molar-refractivity contribution in [1.29, 1.82) is 0 Å². The van der Waals surface area contributed by atoms with Crippen LogP contribution in [-0.4, -0.2) is 58.8 Å². The molecule has 0 bridgehead atoms. The smallest absolute Gasteiger partial charge is 0.270 e. The summed E-state index contributed by atoms with van der Waals surface area (Å²) in [4.78, 5) is 40.3. The maximum Gasteiger partial charge on any atom is 0.270 e. The summed E-state index contributed by atoms with van der Waals surface area (Å²) < 4.78 is 25.6. The molecule has 0 spiro atoms. The third kappa shape index (κ3) is 4.50. The number of halogens is 1. The first-order chi connectivity index (χ1) is 16.4. The predicted molar refractivity (Wildman–Crippen MR) is 133 cm³/mol. The zero-order valence-electron chi connectivity index (χ0n) is 19.7. The van der Waals surface area contributed by atoms with Crippen molar-refractivity contribution in [3.63, 3.8) is 0 Å². The largest absolute Gasteiger partial charge is 0.348 e. The van der Waals surface area contributed by atoms with E-state index in [4.69, 9.17) is 17.3 Å². The number of nitrogens with two attached hydrogens (primary N) is 1. The van der Waals surface area contributed by atoms with Gasteiger partial charge < -0.3 is 20.5 Å². The Balaban J connectivity index is 1.50. The van der Waals surface area contributed by atoms with Crippen molar-refractivity contribution in [3.05, 3.63) is 68.6 Å². The molecule has 3 N–H and O–H groups in total. The summed E-state index contributed by atoms with van der Waals surface area (Å²) in [6.07, 6.45) is 0.949. The first-order valence-corrected chi connectivity index (χ1v) is 13.3. The molecule has 1 aliphatic carbocycles. The number of hydrogen-bond acceptors (Lipinski definition) is 6. The van der Waals surface area contributed by atoms with Crippen LogP contribution < -0.4 is 16.6 Å². The van der Waals surface area contributed by atoms with Crippen molar-refractivity contribution >= 4 is 33.3 Å². The van der Waals surface area contributed by atoms with Crippen LogP contribution in [0.3, 0.4) is 0 Å². The van der Waals surface area contributed by atoms with Crippen molar-refractivity contribution in [1.82, 2.24) is 14.8 Å². The van der Waals surface area contributed by atoms with Crippen LogP contribution in [0.1, 0.15) is 53.1 Å². The van der Waals surface area contributed by atoms with Crippen LogP contribution in [0.2, 0.25) is 5.02 Å². The van der Waals surface area contributed by atoms with Crippen molar-refractivity contribution in [2.45, 2.75) is 49.3 Å². The van der Waals surface area contributed by atoms with E-state index in [0.717, 1.165) is 5.56 Å². The van der Waals surface area contributed by atoms with Gasteiger partial charge in [-0.2, -0.15) is 0 Å². The summed E-state index contributed by atoms with van der Waals surface area (Å²) in [7, 11) is -3.58. The molecule has 1 aliphatic heterocycles. The molecule has 2 aromatic rings. The summed E-state index contributed by atoms with van der Waals surface area (Å²) >= 11 is 5.87. The molecule has 1 aromatic carbocycles. The average molecular weight is 521 g/mol. The van der Waals surface area contributed by atoms with Gasteiger partial charge in [-0.05, 0) is 56.5 Å². The van der Waals surface area contributed by atoms with E-state index >= 15 is 0 Å². The van der Waals surface area contributed by atoms with Crippen molar-refractivity contribution < 1.29 is 18.0 Å². The number of rotatable bonds is 8. The van der Waals surface area contributed by atoms with Crippen molar-refractivity contribution in [2.24, 2.45) is 5.73 Å². The Morgan fingerprint density at radius 3 is 2.37 bits per heavy atom. The Labute approximate surface area is 209 Å². The maximum absolute atomic E-state index is 13.2. The number of fused-ring (bicyclic) bond motifs is 1. The van der Waals surface area contributed by atoms with E-state index in [1.54, 1.807) is 38.1 Å². The number of hydrogen-bond donors (Lipinski definition) is 2. The molecular weight excluding hydrogens is 492 g/mol. The second-order valence-electron chi connectivity index (χ2n) is 9.78. The zero-order chi connectivity index (χ0) is 25.6. The third-order valence-corrected chi connectivity index (χ3v) is 10.5.